The average Bonchev–Trinajstić information content (AvgIpc) is 2.17. The first kappa shape index (κ1) is 11.7. The Morgan fingerprint density at radius 1 is 1.57 bits per heavy atom. The minimum Gasteiger partial charge on any atom is -0.296 e. The maximum Gasteiger partial charge on any atom is 0.281 e. The van der Waals surface area contributed by atoms with Gasteiger partial charge in [0, 0.05) is 9.80 Å². The quantitative estimate of drug-likeness (QED) is 0.628. The van der Waals surface area contributed by atoms with Crippen LogP contribution in [0.5, 0.6) is 0 Å². The summed E-state index contributed by atoms with van der Waals surface area (Å²) in [4.78, 5) is 13.9. The fourth-order valence-electron chi connectivity index (χ4n) is 0.929. The lowest BCUT2D eigenvalue weighted by atomic mass is 10.2. The molecule has 0 unspecified atom stereocenters. The molecule has 76 valence electrons. The van der Waals surface area contributed by atoms with Crippen molar-refractivity contribution in [2.24, 2.45) is 0 Å². The van der Waals surface area contributed by atoms with Gasteiger partial charge >= 0.3 is 0 Å². The molecule has 14 heavy (non-hydrogen) atoms. The molecule has 0 radical (unpaired) electrons. The van der Waals surface area contributed by atoms with Crippen LogP contribution < -0.4 is 0 Å². The Labute approximate surface area is 96.0 Å². The second-order valence-corrected chi connectivity index (χ2v) is 3.81. The number of carbonyl (C=O) groups excluding carboxylic acids is 1. The van der Waals surface area contributed by atoms with E-state index in [-0.39, 0.29) is 10.2 Å². The van der Waals surface area contributed by atoms with Gasteiger partial charge in [-0.15, -0.1) is 0 Å². The van der Waals surface area contributed by atoms with E-state index in [1.807, 2.05) is 0 Å². The summed E-state index contributed by atoms with van der Waals surface area (Å²) in [6, 6.07) is 1.46. The van der Waals surface area contributed by atoms with Gasteiger partial charge in [0.2, 0.25) is 0 Å². The molecule has 6 heteroatoms. The summed E-state index contributed by atoms with van der Waals surface area (Å²) in [7, 11) is 0. The van der Waals surface area contributed by atoms with Crippen LogP contribution in [0.3, 0.4) is 0 Å². The standard InChI is InChI=1S/C8H5Br2F2NO/c9-2-4-1-5(3-14)13-7(6(4)10)8(11)12/h1,3,8H,2H2. The van der Waals surface area contributed by atoms with Crippen molar-refractivity contribution in [3.8, 4) is 0 Å². The van der Waals surface area contributed by atoms with E-state index in [0.29, 0.717) is 17.2 Å². The minimum absolute atomic E-state index is 0.0120. The highest BCUT2D eigenvalue weighted by molar-refractivity contribution is 9.10. The van der Waals surface area contributed by atoms with Gasteiger partial charge in [-0.05, 0) is 27.6 Å². The van der Waals surface area contributed by atoms with Gasteiger partial charge in [0.05, 0.1) is 0 Å². The van der Waals surface area contributed by atoms with Gasteiger partial charge in [-0.3, -0.25) is 4.79 Å². The van der Waals surface area contributed by atoms with Crippen molar-refractivity contribution in [3.05, 3.63) is 27.5 Å². The first-order chi connectivity index (χ1) is 6.60. The zero-order chi connectivity index (χ0) is 10.7. The molecule has 1 heterocycles. The molecule has 0 aliphatic heterocycles. The third-order valence-electron chi connectivity index (χ3n) is 1.55. The first-order valence-corrected chi connectivity index (χ1v) is 5.50. The van der Waals surface area contributed by atoms with Crippen LogP contribution in [0.1, 0.15) is 28.2 Å². The summed E-state index contributed by atoms with van der Waals surface area (Å²) >= 11 is 6.15. The van der Waals surface area contributed by atoms with Crippen LogP contribution in [0.2, 0.25) is 0 Å². The van der Waals surface area contributed by atoms with E-state index in [0.717, 1.165) is 0 Å². The Kier molecular flexibility index (Phi) is 4.12. The van der Waals surface area contributed by atoms with Crippen molar-refractivity contribution < 1.29 is 13.6 Å². The van der Waals surface area contributed by atoms with Gasteiger partial charge in [0.15, 0.2) is 6.29 Å². The first-order valence-electron chi connectivity index (χ1n) is 3.58. The monoisotopic (exact) mass is 327 g/mol. The zero-order valence-corrected chi connectivity index (χ0v) is 9.98. The van der Waals surface area contributed by atoms with Crippen LogP contribution in [0.4, 0.5) is 8.78 Å². The van der Waals surface area contributed by atoms with Crippen molar-refractivity contribution >= 4 is 38.1 Å². The molecule has 0 bridgehead atoms. The molecule has 0 atom stereocenters. The molecule has 1 aromatic heterocycles. The summed E-state index contributed by atoms with van der Waals surface area (Å²) in [5.74, 6) is 0. The van der Waals surface area contributed by atoms with Gasteiger partial charge in [0.25, 0.3) is 6.43 Å². The lowest BCUT2D eigenvalue weighted by molar-refractivity contribution is 0.111. The fourth-order valence-corrected chi connectivity index (χ4v) is 2.26. The van der Waals surface area contributed by atoms with Crippen LogP contribution in [-0.4, -0.2) is 11.3 Å². The number of carbonyl (C=O) groups is 1. The molecule has 0 amide bonds. The van der Waals surface area contributed by atoms with Gasteiger partial charge in [0.1, 0.15) is 11.4 Å². The topological polar surface area (TPSA) is 30.0 Å². The number of rotatable bonds is 3. The van der Waals surface area contributed by atoms with E-state index in [4.69, 9.17) is 0 Å². The number of nitrogens with zero attached hydrogens (tertiary/aromatic N) is 1. The minimum atomic E-state index is -2.69. The summed E-state index contributed by atoms with van der Waals surface area (Å²) in [5.41, 5.74) is 0.194. The molecule has 0 N–H and O–H groups in total. The van der Waals surface area contributed by atoms with E-state index in [2.05, 4.69) is 36.8 Å². The van der Waals surface area contributed by atoms with Gasteiger partial charge < -0.3 is 0 Å². The molecular weight excluding hydrogens is 324 g/mol. The number of aldehydes is 1. The summed E-state index contributed by atoms with van der Waals surface area (Å²) in [6.45, 7) is 0. The van der Waals surface area contributed by atoms with E-state index in [9.17, 15) is 13.6 Å². The Hall–Kier alpha value is -0.360. The second-order valence-electron chi connectivity index (χ2n) is 2.46. The number of aromatic nitrogens is 1. The predicted molar refractivity (Wildman–Crippen MR) is 54.9 cm³/mol. The molecule has 0 saturated carbocycles. The molecule has 0 aliphatic rings. The van der Waals surface area contributed by atoms with E-state index in [1.165, 1.54) is 6.07 Å². The smallest absolute Gasteiger partial charge is 0.281 e. The number of hydrogen-bond donors (Lipinski definition) is 0. The Balaban J connectivity index is 3.34. The highest BCUT2D eigenvalue weighted by Crippen LogP contribution is 2.29. The Morgan fingerprint density at radius 3 is 2.64 bits per heavy atom. The van der Waals surface area contributed by atoms with Crippen LogP contribution in [0.25, 0.3) is 0 Å². The van der Waals surface area contributed by atoms with Crippen molar-refractivity contribution in [1.29, 1.82) is 0 Å². The Bertz CT molecular complexity index is 357. The summed E-state index contributed by atoms with van der Waals surface area (Å²) < 4.78 is 25.1. The highest BCUT2D eigenvalue weighted by Gasteiger charge is 2.17. The van der Waals surface area contributed by atoms with Crippen LogP contribution in [0, 0.1) is 0 Å². The zero-order valence-electron chi connectivity index (χ0n) is 6.81. The SMILES string of the molecule is O=Cc1cc(CBr)c(Br)c(C(F)F)n1. The Morgan fingerprint density at radius 2 is 2.21 bits per heavy atom. The van der Waals surface area contributed by atoms with E-state index in [1.54, 1.807) is 0 Å². The maximum absolute atomic E-state index is 12.4. The van der Waals surface area contributed by atoms with Gasteiger partial charge in [-0.2, -0.15) is 0 Å². The fraction of sp³-hybridized carbons (Fsp3) is 0.250. The maximum atomic E-state index is 12.4. The molecular formula is C8H5Br2F2NO. The van der Waals surface area contributed by atoms with Crippen LogP contribution in [0.15, 0.2) is 10.5 Å². The lowest BCUT2D eigenvalue weighted by Crippen LogP contribution is -2.00. The predicted octanol–water partition coefficient (Wildman–Crippen LogP) is 3.49. The number of alkyl halides is 3. The third kappa shape index (κ3) is 2.36. The number of halogens is 4. The molecule has 0 saturated heterocycles. The molecule has 0 aliphatic carbocycles. The average molecular weight is 329 g/mol. The van der Waals surface area contributed by atoms with E-state index >= 15 is 0 Å². The van der Waals surface area contributed by atoms with Crippen LogP contribution in [-0.2, 0) is 5.33 Å². The van der Waals surface area contributed by atoms with Crippen molar-refractivity contribution in [2.45, 2.75) is 11.8 Å². The molecule has 0 aromatic carbocycles. The second kappa shape index (κ2) is 4.93. The molecule has 0 fully saturated rings. The van der Waals surface area contributed by atoms with Crippen molar-refractivity contribution in [3.63, 3.8) is 0 Å². The van der Waals surface area contributed by atoms with Gasteiger partial charge in [-0.1, -0.05) is 15.9 Å². The normalized spacial score (nSPS) is 10.6. The summed E-state index contributed by atoms with van der Waals surface area (Å²) in [6.07, 6.45) is -2.24. The van der Waals surface area contributed by atoms with Crippen LogP contribution >= 0.6 is 31.9 Å². The van der Waals surface area contributed by atoms with Crippen molar-refractivity contribution in [1.82, 2.24) is 4.98 Å². The summed E-state index contributed by atoms with van der Waals surface area (Å²) in [5, 5.41) is 0.386. The van der Waals surface area contributed by atoms with E-state index < -0.39 is 12.1 Å². The largest absolute Gasteiger partial charge is 0.296 e. The number of pyridine rings is 1. The third-order valence-corrected chi connectivity index (χ3v) is 3.07. The lowest BCUT2D eigenvalue weighted by Gasteiger charge is -2.07. The molecule has 0 spiro atoms. The molecule has 1 aromatic rings. The molecule has 2 nitrogen and oxygen atoms in total. The van der Waals surface area contributed by atoms with Gasteiger partial charge in [-0.25, -0.2) is 13.8 Å². The highest BCUT2D eigenvalue weighted by atomic mass is 79.9. The van der Waals surface area contributed by atoms with Crippen molar-refractivity contribution in [2.75, 3.05) is 0 Å². The number of hydrogen-bond acceptors (Lipinski definition) is 2. The molecule has 1 rings (SSSR count).